The molecule has 1 aliphatic rings. The van der Waals surface area contributed by atoms with E-state index in [-0.39, 0.29) is 23.6 Å². The summed E-state index contributed by atoms with van der Waals surface area (Å²) in [5.74, 6) is 1.44. The molecule has 0 aromatic rings. The van der Waals surface area contributed by atoms with Gasteiger partial charge in [-0.3, -0.25) is 19.2 Å². The van der Waals surface area contributed by atoms with Crippen LogP contribution in [-0.2, 0) is 42.9 Å². The average molecular weight is 1260 g/mol. The SMILES string of the molecule is CCCCCCCCCCCCCCCCCCNC(=O)CCC(CCCCC)CCCC(=O)N1CCOCCOCCOCCN(C(=O)CCCC(CCCCC)CCC(=O)NCCCCCCCCCCCCCCCCCC)CCOCCOCC1. The third-order valence-electron chi connectivity index (χ3n) is 18.5. The van der Waals surface area contributed by atoms with E-state index >= 15 is 0 Å². The van der Waals surface area contributed by atoms with E-state index in [4.69, 9.17) is 23.7 Å². The summed E-state index contributed by atoms with van der Waals surface area (Å²) in [4.78, 5) is 57.0. The minimum Gasteiger partial charge on any atom is -0.377 e. The number of nitrogens with one attached hydrogen (secondary N) is 2. The normalized spacial score (nSPS) is 15.4. The Kier molecular flexibility index (Phi) is 65.2. The lowest BCUT2D eigenvalue weighted by atomic mass is 9.91. The Bertz CT molecular complexity index is 1420. The first-order valence-electron chi connectivity index (χ1n) is 38.8. The number of nitrogens with zero attached hydrogens (tertiary/aromatic N) is 2. The van der Waals surface area contributed by atoms with Gasteiger partial charge in [0.1, 0.15) is 0 Å². The highest BCUT2D eigenvalue weighted by Gasteiger charge is 2.19. The first-order valence-corrected chi connectivity index (χ1v) is 38.8. The van der Waals surface area contributed by atoms with E-state index in [1.807, 2.05) is 9.80 Å². The van der Waals surface area contributed by atoms with Gasteiger partial charge in [0.2, 0.25) is 23.6 Å². The van der Waals surface area contributed by atoms with Crippen molar-refractivity contribution in [2.75, 3.05) is 105 Å². The molecule has 0 aliphatic carbocycles. The number of ether oxygens (including phenoxy) is 5. The molecule has 2 N–H and O–H groups in total. The van der Waals surface area contributed by atoms with Crippen LogP contribution in [-0.4, -0.2) is 139 Å². The Hall–Kier alpha value is -2.32. The highest BCUT2D eigenvalue weighted by Crippen LogP contribution is 2.25. The first-order chi connectivity index (χ1) is 43.8. The highest BCUT2D eigenvalue weighted by atomic mass is 16.5. The van der Waals surface area contributed by atoms with Crippen molar-refractivity contribution in [2.24, 2.45) is 11.8 Å². The molecule has 1 fully saturated rings. The summed E-state index contributed by atoms with van der Waals surface area (Å²) in [5, 5.41) is 6.40. The topological polar surface area (TPSA) is 145 Å². The van der Waals surface area contributed by atoms with Gasteiger partial charge in [-0.2, -0.15) is 0 Å². The molecule has 4 amide bonds. The molecule has 2 atom stereocenters. The average Bonchev–Trinajstić information content (AvgIpc) is 3.67. The second-order valence-electron chi connectivity index (χ2n) is 26.7. The summed E-state index contributed by atoms with van der Waals surface area (Å²) in [7, 11) is 0. The van der Waals surface area contributed by atoms with Crippen LogP contribution in [0.3, 0.4) is 0 Å². The van der Waals surface area contributed by atoms with Crippen LogP contribution in [0.2, 0.25) is 0 Å². The Morgan fingerprint density at radius 2 is 0.494 bits per heavy atom. The van der Waals surface area contributed by atoms with Gasteiger partial charge in [-0.25, -0.2) is 0 Å². The molecule has 526 valence electrons. The van der Waals surface area contributed by atoms with Gasteiger partial charge in [0.05, 0.1) is 66.1 Å². The molecular formula is C76H148N4O9. The molecular weight excluding hydrogens is 1110 g/mol. The van der Waals surface area contributed by atoms with Gasteiger partial charge in [-0.15, -0.1) is 0 Å². The zero-order valence-corrected chi connectivity index (χ0v) is 59.4. The minimum atomic E-state index is 0.110. The summed E-state index contributed by atoms with van der Waals surface area (Å²) in [6.07, 6.45) is 59.7. The van der Waals surface area contributed by atoms with Gasteiger partial charge in [-0.05, 0) is 63.2 Å². The molecule has 0 bridgehead atoms. The standard InChI is InChI=1S/C76H148N4O9/c1-5-9-13-15-17-19-21-23-25-27-29-31-33-35-37-41-55-77-73(81)53-51-71(45-39-11-7-3)47-43-49-75(83)79-57-61-85-65-66-86-62-58-80(60-64-88-68-70-89-69-67-87-63-59-79)76(84)50-44-48-72(46-40-12-8-4)52-54-74(82)78-56-42-38-36-34-32-30-28-26-24-22-20-18-16-14-10-6-2/h71-72H,5-70H2,1-4H3,(H,77,81)(H,78,82). The molecule has 1 heterocycles. The summed E-state index contributed by atoms with van der Waals surface area (Å²) >= 11 is 0. The van der Waals surface area contributed by atoms with Crippen LogP contribution in [0.15, 0.2) is 0 Å². The van der Waals surface area contributed by atoms with Gasteiger partial charge < -0.3 is 44.1 Å². The van der Waals surface area contributed by atoms with E-state index in [1.54, 1.807) is 0 Å². The van der Waals surface area contributed by atoms with Crippen molar-refractivity contribution in [3.8, 4) is 0 Å². The molecule has 0 aromatic carbocycles. The molecule has 89 heavy (non-hydrogen) atoms. The lowest BCUT2D eigenvalue weighted by molar-refractivity contribution is -0.134. The Morgan fingerprint density at radius 3 is 0.764 bits per heavy atom. The van der Waals surface area contributed by atoms with E-state index in [1.165, 1.54) is 218 Å². The van der Waals surface area contributed by atoms with E-state index in [2.05, 4.69) is 38.3 Å². The second kappa shape index (κ2) is 68.5. The van der Waals surface area contributed by atoms with Gasteiger partial charge in [0, 0.05) is 65.0 Å². The number of carbonyl (C=O) groups is 4. The Labute approximate surface area is 550 Å². The summed E-state index contributed by atoms with van der Waals surface area (Å²) in [6.45, 7) is 16.7. The van der Waals surface area contributed by atoms with E-state index < -0.39 is 0 Å². The van der Waals surface area contributed by atoms with Crippen LogP contribution >= 0.6 is 0 Å². The van der Waals surface area contributed by atoms with Crippen LogP contribution in [0.1, 0.15) is 349 Å². The molecule has 0 aromatic heterocycles. The fourth-order valence-electron chi connectivity index (χ4n) is 12.6. The van der Waals surface area contributed by atoms with Crippen LogP contribution < -0.4 is 10.6 Å². The molecule has 13 nitrogen and oxygen atoms in total. The van der Waals surface area contributed by atoms with Crippen LogP contribution in [0.5, 0.6) is 0 Å². The zero-order valence-electron chi connectivity index (χ0n) is 59.4. The van der Waals surface area contributed by atoms with Crippen molar-refractivity contribution in [1.82, 2.24) is 20.4 Å². The van der Waals surface area contributed by atoms with Crippen LogP contribution in [0.4, 0.5) is 0 Å². The van der Waals surface area contributed by atoms with Gasteiger partial charge in [0.15, 0.2) is 0 Å². The van der Waals surface area contributed by atoms with Gasteiger partial charge >= 0.3 is 0 Å². The van der Waals surface area contributed by atoms with Crippen molar-refractivity contribution >= 4 is 23.6 Å². The van der Waals surface area contributed by atoms with Gasteiger partial charge in [0.25, 0.3) is 0 Å². The van der Waals surface area contributed by atoms with Gasteiger partial charge in [-0.1, -0.05) is 272 Å². The van der Waals surface area contributed by atoms with Crippen LogP contribution in [0, 0.1) is 11.8 Å². The van der Waals surface area contributed by atoms with E-state index in [9.17, 15) is 19.2 Å². The van der Waals surface area contributed by atoms with Crippen molar-refractivity contribution in [1.29, 1.82) is 0 Å². The van der Waals surface area contributed by atoms with Crippen molar-refractivity contribution in [2.45, 2.75) is 349 Å². The first kappa shape index (κ1) is 84.7. The smallest absolute Gasteiger partial charge is 0.222 e. The van der Waals surface area contributed by atoms with E-state index in [0.29, 0.717) is 130 Å². The van der Waals surface area contributed by atoms with Crippen molar-refractivity contribution in [3.63, 3.8) is 0 Å². The predicted octanol–water partition coefficient (Wildman–Crippen LogP) is 18.8. The van der Waals surface area contributed by atoms with E-state index in [0.717, 1.165) is 90.1 Å². The predicted molar refractivity (Wildman–Crippen MR) is 374 cm³/mol. The number of hydrogen-bond acceptors (Lipinski definition) is 9. The highest BCUT2D eigenvalue weighted by molar-refractivity contribution is 5.77. The molecule has 0 saturated carbocycles. The summed E-state index contributed by atoms with van der Waals surface area (Å²) in [6, 6.07) is 0. The molecule has 2 unspecified atom stereocenters. The largest absolute Gasteiger partial charge is 0.377 e. The number of rotatable bonds is 56. The molecule has 13 heteroatoms. The quantitative estimate of drug-likeness (QED) is 0.0569. The molecule has 1 saturated heterocycles. The summed E-state index contributed by atoms with van der Waals surface area (Å²) < 4.78 is 29.6. The maximum atomic E-state index is 13.7. The fraction of sp³-hybridized carbons (Fsp3) is 0.947. The Balaban J connectivity index is 2.44. The van der Waals surface area contributed by atoms with Crippen LogP contribution in [0.25, 0.3) is 0 Å². The zero-order chi connectivity index (χ0) is 64.2. The van der Waals surface area contributed by atoms with Crippen molar-refractivity contribution < 1.29 is 42.9 Å². The third kappa shape index (κ3) is 59.2. The molecule has 1 aliphatic heterocycles. The maximum Gasteiger partial charge on any atom is 0.222 e. The number of hydrogen-bond donors (Lipinski definition) is 2. The van der Waals surface area contributed by atoms with Crippen molar-refractivity contribution in [3.05, 3.63) is 0 Å². The fourth-order valence-corrected chi connectivity index (χ4v) is 12.6. The maximum absolute atomic E-state index is 13.7. The molecule has 0 radical (unpaired) electrons. The molecule has 1 rings (SSSR count). The number of amides is 4. The number of unbranched alkanes of at least 4 members (excludes halogenated alkanes) is 34. The third-order valence-corrected chi connectivity index (χ3v) is 18.5. The Morgan fingerprint density at radius 1 is 0.270 bits per heavy atom. The lowest BCUT2D eigenvalue weighted by Crippen LogP contribution is -2.37. The monoisotopic (exact) mass is 1260 g/mol. The summed E-state index contributed by atoms with van der Waals surface area (Å²) in [5.41, 5.74) is 0. The second-order valence-corrected chi connectivity index (χ2v) is 26.7. The minimum absolute atomic E-state index is 0.110. The number of carbonyl (C=O) groups excluding carboxylic acids is 4. The molecule has 0 spiro atoms. The lowest BCUT2D eigenvalue weighted by Gasteiger charge is -2.24.